The lowest BCUT2D eigenvalue weighted by Crippen LogP contribution is -2.13. The molecule has 0 aliphatic heterocycles. The van der Waals surface area contributed by atoms with Crippen LogP contribution in [0.25, 0.3) is 0 Å². The van der Waals surface area contributed by atoms with Crippen LogP contribution in [0.3, 0.4) is 0 Å². The zero-order valence-electron chi connectivity index (χ0n) is 11.4. The van der Waals surface area contributed by atoms with Gasteiger partial charge in [-0.05, 0) is 48.4 Å². The van der Waals surface area contributed by atoms with Crippen LogP contribution >= 0.6 is 0 Å². The highest BCUT2D eigenvalue weighted by atomic mass is 32.2. The van der Waals surface area contributed by atoms with Crippen molar-refractivity contribution in [3.05, 3.63) is 53.6 Å². The number of nitrogens with zero attached hydrogens (tertiary/aromatic N) is 1. The molecule has 2 N–H and O–H groups in total. The molecule has 2 rings (SSSR count). The molecule has 0 bridgehead atoms. The van der Waals surface area contributed by atoms with Crippen LogP contribution in [0.5, 0.6) is 5.75 Å². The number of phenolic OH excluding ortho intramolecular Hbond substituents is 1. The molecule has 0 spiro atoms. The van der Waals surface area contributed by atoms with Crippen LogP contribution in [0.15, 0.2) is 47.4 Å². The van der Waals surface area contributed by atoms with E-state index in [9.17, 15) is 13.5 Å². The van der Waals surface area contributed by atoms with E-state index in [1.165, 1.54) is 24.3 Å². The normalized spacial score (nSPS) is 10.9. The zero-order valence-corrected chi connectivity index (χ0v) is 12.2. The van der Waals surface area contributed by atoms with Gasteiger partial charge < -0.3 is 5.11 Å². The lowest BCUT2D eigenvalue weighted by molar-refractivity contribution is 0.471. The second kappa shape index (κ2) is 5.85. The Balaban J connectivity index is 2.25. The van der Waals surface area contributed by atoms with E-state index < -0.39 is 10.0 Å². The maximum absolute atomic E-state index is 12.2. The van der Waals surface area contributed by atoms with Crippen molar-refractivity contribution in [2.45, 2.75) is 18.2 Å². The number of sulfonamides is 1. The highest BCUT2D eigenvalue weighted by molar-refractivity contribution is 7.92. The average molecular weight is 302 g/mol. The van der Waals surface area contributed by atoms with Crippen LogP contribution in [0.4, 0.5) is 5.69 Å². The Labute approximate surface area is 123 Å². The van der Waals surface area contributed by atoms with Gasteiger partial charge in [0.2, 0.25) is 0 Å². The summed E-state index contributed by atoms with van der Waals surface area (Å²) in [6.45, 7) is 1.68. The van der Waals surface area contributed by atoms with Crippen molar-refractivity contribution in [2.75, 3.05) is 4.72 Å². The van der Waals surface area contributed by atoms with E-state index in [4.69, 9.17) is 5.26 Å². The number of phenols is 1. The third-order valence-corrected chi connectivity index (χ3v) is 4.36. The van der Waals surface area contributed by atoms with Crippen LogP contribution in [0.2, 0.25) is 0 Å². The molecule has 0 amide bonds. The molecule has 0 unspecified atom stereocenters. The fraction of sp³-hybridized carbons (Fsp3) is 0.133. The second-order valence-electron chi connectivity index (χ2n) is 4.59. The Morgan fingerprint density at radius 1 is 1.19 bits per heavy atom. The van der Waals surface area contributed by atoms with Gasteiger partial charge in [0.25, 0.3) is 10.0 Å². The Morgan fingerprint density at radius 3 is 2.43 bits per heavy atom. The minimum atomic E-state index is -3.69. The first-order valence-electron chi connectivity index (χ1n) is 6.21. The molecule has 0 atom stereocenters. The molecule has 21 heavy (non-hydrogen) atoms. The number of anilines is 1. The van der Waals surface area contributed by atoms with Gasteiger partial charge in [-0.2, -0.15) is 5.26 Å². The van der Waals surface area contributed by atoms with Gasteiger partial charge in [0.15, 0.2) is 0 Å². The molecule has 5 nitrogen and oxygen atoms in total. The quantitative estimate of drug-likeness (QED) is 0.849. The monoisotopic (exact) mass is 302 g/mol. The maximum Gasteiger partial charge on any atom is 0.261 e. The summed E-state index contributed by atoms with van der Waals surface area (Å²) < 4.78 is 26.9. The van der Waals surface area contributed by atoms with Gasteiger partial charge in [0.05, 0.1) is 17.4 Å². The summed E-state index contributed by atoms with van der Waals surface area (Å²) in [6.07, 6.45) is 0.241. The molecule has 0 heterocycles. The standard InChI is InChI=1S/C15H14N2O3S/c1-11-10-13(4-7-15(11)18)17-21(19,20)14-5-2-12(3-6-14)8-9-16/h2-7,10,17-18H,8H2,1H3. The lowest BCUT2D eigenvalue weighted by Gasteiger charge is -2.09. The molecular weight excluding hydrogens is 288 g/mol. The largest absolute Gasteiger partial charge is 0.508 e. The minimum Gasteiger partial charge on any atom is -0.508 e. The van der Waals surface area contributed by atoms with E-state index in [1.807, 2.05) is 6.07 Å². The molecule has 0 fully saturated rings. The first-order chi connectivity index (χ1) is 9.92. The second-order valence-corrected chi connectivity index (χ2v) is 6.27. The molecule has 2 aromatic rings. The maximum atomic E-state index is 12.2. The minimum absolute atomic E-state index is 0.110. The van der Waals surface area contributed by atoms with Crippen molar-refractivity contribution in [1.29, 1.82) is 5.26 Å². The molecule has 0 aliphatic rings. The molecule has 0 saturated carbocycles. The average Bonchev–Trinajstić information content (AvgIpc) is 2.44. The summed E-state index contributed by atoms with van der Waals surface area (Å²) in [6, 6.07) is 12.6. The van der Waals surface area contributed by atoms with Gasteiger partial charge >= 0.3 is 0 Å². The molecule has 0 aromatic heterocycles. The van der Waals surface area contributed by atoms with E-state index in [2.05, 4.69) is 4.72 Å². The predicted molar refractivity (Wildman–Crippen MR) is 79.4 cm³/mol. The molecule has 0 radical (unpaired) electrons. The van der Waals surface area contributed by atoms with Crippen molar-refractivity contribution < 1.29 is 13.5 Å². The van der Waals surface area contributed by atoms with Crippen molar-refractivity contribution >= 4 is 15.7 Å². The first kappa shape index (κ1) is 14.9. The topological polar surface area (TPSA) is 90.2 Å². The number of nitriles is 1. The fourth-order valence-electron chi connectivity index (χ4n) is 1.81. The summed E-state index contributed by atoms with van der Waals surface area (Å²) in [5.41, 5.74) is 1.72. The lowest BCUT2D eigenvalue weighted by atomic mass is 10.2. The fourth-order valence-corrected chi connectivity index (χ4v) is 2.86. The van der Waals surface area contributed by atoms with E-state index in [-0.39, 0.29) is 17.1 Å². The number of hydrogen-bond acceptors (Lipinski definition) is 4. The number of benzene rings is 2. The highest BCUT2D eigenvalue weighted by Crippen LogP contribution is 2.22. The third kappa shape index (κ3) is 3.52. The Kier molecular flexibility index (Phi) is 4.15. The van der Waals surface area contributed by atoms with Crippen LogP contribution in [-0.4, -0.2) is 13.5 Å². The van der Waals surface area contributed by atoms with E-state index in [0.29, 0.717) is 11.3 Å². The van der Waals surface area contributed by atoms with Crippen molar-refractivity contribution in [1.82, 2.24) is 0 Å². The predicted octanol–water partition coefficient (Wildman–Crippen LogP) is 2.57. The molecule has 108 valence electrons. The zero-order chi connectivity index (χ0) is 15.5. The Hall–Kier alpha value is -2.52. The van der Waals surface area contributed by atoms with Crippen LogP contribution in [0, 0.1) is 18.3 Å². The van der Waals surface area contributed by atoms with Crippen molar-refractivity contribution in [2.24, 2.45) is 0 Å². The van der Waals surface area contributed by atoms with Crippen molar-refractivity contribution in [3.8, 4) is 11.8 Å². The number of hydrogen-bond donors (Lipinski definition) is 2. The van der Waals surface area contributed by atoms with E-state index >= 15 is 0 Å². The van der Waals surface area contributed by atoms with Gasteiger partial charge in [0, 0.05) is 5.69 Å². The summed E-state index contributed by atoms with van der Waals surface area (Å²) in [7, 11) is -3.69. The first-order valence-corrected chi connectivity index (χ1v) is 7.69. The number of nitrogens with one attached hydrogen (secondary N) is 1. The third-order valence-electron chi connectivity index (χ3n) is 2.97. The Morgan fingerprint density at radius 2 is 1.86 bits per heavy atom. The van der Waals surface area contributed by atoms with Crippen LogP contribution in [0.1, 0.15) is 11.1 Å². The van der Waals surface area contributed by atoms with Crippen molar-refractivity contribution in [3.63, 3.8) is 0 Å². The smallest absolute Gasteiger partial charge is 0.261 e. The summed E-state index contributed by atoms with van der Waals surface area (Å²) in [5, 5.41) is 18.0. The summed E-state index contributed by atoms with van der Waals surface area (Å²) >= 11 is 0. The van der Waals surface area contributed by atoms with Gasteiger partial charge in [-0.3, -0.25) is 4.72 Å². The van der Waals surface area contributed by atoms with Gasteiger partial charge in [-0.25, -0.2) is 8.42 Å². The molecule has 0 aliphatic carbocycles. The molecule has 6 heteroatoms. The van der Waals surface area contributed by atoms with E-state index in [0.717, 1.165) is 5.56 Å². The summed E-state index contributed by atoms with van der Waals surface area (Å²) in [5.74, 6) is 0.110. The van der Waals surface area contributed by atoms with Gasteiger partial charge in [-0.1, -0.05) is 12.1 Å². The van der Waals surface area contributed by atoms with E-state index in [1.54, 1.807) is 25.1 Å². The van der Waals surface area contributed by atoms with Crippen LogP contribution < -0.4 is 4.72 Å². The molecule has 0 saturated heterocycles. The molecular formula is C15H14N2O3S. The molecule has 2 aromatic carbocycles. The number of aromatic hydroxyl groups is 1. The van der Waals surface area contributed by atoms with Gasteiger partial charge in [-0.15, -0.1) is 0 Å². The SMILES string of the molecule is Cc1cc(NS(=O)(=O)c2ccc(CC#N)cc2)ccc1O. The highest BCUT2D eigenvalue weighted by Gasteiger charge is 2.14. The Bertz CT molecular complexity index is 791. The van der Waals surface area contributed by atoms with Gasteiger partial charge in [0.1, 0.15) is 5.75 Å². The number of aryl methyl sites for hydroxylation is 1. The van der Waals surface area contributed by atoms with Crippen LogP contribution in [-0.2, 0) is 16.4 Å². The summed E-state index contributed by atoms with van der Waals surface area (Å²) in [4.78, 5) is 0.120. The number of rotatable bonds is 4.